The second kappa shape index (κ2) is 4.07. The maximum Gasteiger partial charge on any atom is 0.238 e. The zero-order valence-corrected chi connectivity index (χ0v) is 10.00. The molecule has 2 rings (SSSR count). The summed E-state index contributed by atoms with van der Waals surface area (Å²) in [6.45, 7) is 2.22. The predicted octanol–water partition coefficient (Wildman–Crippen LogP) is 1.54. The van der Waals surface area contributed by atoms with E-state index in [1.807, 2.05) is 0 Å². The first-order chi connectivity index (χ1) is 7.45. The number of sulfonamides is 1. The molecule has 0 aromatic heterocycles. The third-order valence-corrected chi connectivity index (χ3v) is 3.86. The molecule has 5 heteroatoms. The molecule has 1 aliphatic carbocycles. The molecular weight excluding hydrogens is 224 g/mol. The molecule has 1 aromatic carbocycles. The molecule has 1 fully saturated rings. The Kier molecular flexibility index (Phi) is 2.90. The van der Waals surface area contributed by atoms with Gasteiger partial charge in [-0.3, -0.25) is 0 Å². The Hall–Kier alpha value is -1.07. The van der Waals surface area contributed by atoms with E-state index in [1.54, 1.807) is 12.1 Å². The van der Waals surface area contributed by atoms with Crippen LogP contribution in [0.4, 0.5) is 5.69 Å². The van der Waals surface area contributed by atoms with Gasteiger partial charge in [0.1, 0.15) is 0 Å². The highest BCUT2D eigenvalue weighted by atomic mass is 32.2. The molecule has 0 spiro atoms. The summed E-state index contributed by atoms with van der Waals surface area (Å²) in [6, 6.07) is 7.08. The van der Waals surface area contributed by atoms with Crippen molar-refractivity contribution in [2.75, 3.05) is 5.32 Å². The van der Waals surface area contributed by atoms with Crippen LogP contribution in [0.25, 0.3) is 0 Å². The largest absolute Gasteiger partial charge is 0.382 e. The number of nitrogens with two attached hydrogens (primary N) is 1. The van der Waals surface area contributed by atoms with Crippen molar-refractivity contribution in [3.8, 4) is 0 Å². The van der Waals surface area contributed by atoms with E-state index in [4.69, 9.17) is 5.14 Å². The molecule has 0 unspecified atom stereocenters. The van der Waals surface area contributed by atoms with Gasteiger partial charge in [0.2, 0.25) is 10.0 Å². The lowest BCUT2D eigenvalue weighted by Gasteiger charge is -2.34. The zero-order valence-electron chi connectivity index (χ0n) is 9.18. The van der Waals surface area contributed by atoms with Crippen LogP contribution in [-0.2, 0) is 10.0 Å². The Balaban J connectivity index is 2.03. The molecule has 4 nitrogen and oxygen atoms in total. The highest BCUT2D eigenvalue weighted by Gasteiger charge is 2.24. The van der Waals surface area contributed by atoms with Gasteiger partial charge in [0.25, 0.3) is 0 Å². The summed E-state index contributed by atoms with van der Waals surface area (Å²) in [5, 5.41) is 8.37. The van der Waals surface area contributed by atoms with Gasteiger partial charge in [-0.2, -0.15) is 0 Å². The summed E-state index contributed by atoms with van der Waals surface area (Å²) in [4.78, 5) is 0.153. The number of primary sulfonamides is 1. The fourth-order valence-corrected chi connectivity index (χ4v) is 2.51. The highest BCUT2D eigenvalue weighted by Crippen LogP contribution is 2.29. The minimum Gasteiger partial charge on any atom is -0.382 e. The van der Waals surface area contributed by atoms with Gasteiger partial charge in [0.05, 0.1) is 4.90 Å². The molecule has 0 bridgehead atoms. The van der Waals surface area contributed by atoms with Gasteiger partial charge in [-0.15, -0.1) is 0 Å². The van der Waals surface area contributed by atoms with E-state index in [9.17, 15) is 8.42 Å². The van der Waals surface area contributed by atoms with Crippen molar-refractivity contribution in [3.63, 3.8) is 0 Å². The van der Waals surface area contributed by atoms with E-state index in [-0.39, 0.29) is 4.90 Å². The SMILES string of the molecule is CC1CC(Nc2ccc(S(N)(=O)=O)cc2)C1. The van der Waals surface area contributed by atoms with Crippen molar-refractivity contribution in [3.05, 3.63) is 24.3 Å². The van der Waals surface area contributed by atoms with E-state index in [0.717, 1.165) is 11.6 Å². The van der Waals surface area contributed by atoms with Gasteiger partial charge in [-0.05, 0) is 43.0 Å². The standard InChI is InChI=1S/C11H16N2O2S/c1-8-6-10(7-8)13-9-2-4-11(5-3-9)16(12,14)15/h2-5,8,10,13H,6-7H2,1H3,(H2,12,14,15). The fourth-order valence-electron chi connectivity index (χ4n) is 2.00. The van der Waals surface area contributed by atoms with Crippen molar-refractivity contribution in [2.45, 2.75) is 30.7 Å². The number of benzene rings is 1. The predicted molar refractivity (Wildman–Crippen MR) is 63.6 cm³/mol. The van der Waals surface area contributed by atoms with Gasteiger partial charge >= 0.3 is 0 Å². The Bertz CT molecular complexity index is 461. The van der Waals surface area contributed by atoms with Gasteiger partial charge in [0.15, 0.2) is 0 Å². The van der Waals surface area contributed by atoms with Crippen molar-refractivity contribution in [1.29, 1.82) is 0 Å². The average molecular weight is 240 g/mol. The Labute approximate surface area is 95.9 Å². The molecule has 88 valence electrons. The van der Waals surface area contributed by atoms with E-state index >= 15 is 0 Å². The monoisotopic (exact) mass is 240 g/mol. The lowest BCUT2D eigenvalue weighted by atomic mass is 9.82. The number of rotatable bonds is 3. The fraction of sp³-hybridized carbons (Fsp3) is 0.455. The number of nitrogens with one attached hydrogen (secondary N) is 1. The maximum atomic E-state index is 11.0. The molecule has 0 aliphatic heterocycles. The van der Waals surface area contributed by atoms with Crippen LogP contribution in [0.3, 0.4) is 0 Å². The van der Waals surface area contributed by atoms with Crippen LogP contribution in [0.5, 0.6) is 0 Å². The van der Waals surface area contributed by atoms with Crippen LogP contribution >= 0.6 is 0 Å². The molecule has 3 N–H and O–H groups in total. The number of anilines is 1. The van der Waals surface area contributed by atoms with Gasteiger partial charge in [0, 0.05) is 11.7 Å². The summed E-state index contributed by atoms with van der Waals surface area (Å²) in [5.41, 5.74) is 0.948. The number of hydrogen-bond donors (Lipinski definition) is 2. The molecule has 0 radical (unpaired) electrons. The van der Waals surface area contributed by atoms with Crippen LogP contribution in [0.1, 0.15) is 19.8 Å². The molecule has 0 amide bonds. The van der Waals surface area contributed by atoms with Crippen LogP contribution in [0.15, 0.2) is 29.2 Å². The van der Waals surface area contributed by atoms with Crippen LogP contribution in [0, 0.1) is 5.92 Å². The van der Waals surface area contributed by atoms with Crippen molar-refractivity contribution >= 4 is 15.7 Å². The van der Waals surface area contributed by atoms with Crippen molar-refractivity contribution in [2.24, 2.45) is 11.1 Å². The highest BCUT2D eigenvalue weighted by molar-refractivity contribution is 7.89. The molecule has 1 saturated carbocycles. The second-order valence-electron chi connectivity index (χ2n) is 4.49. The van der Waals surface area contributed by atoms with E-state index in [0.29, 0.717) is 6.04 Å². The van der Waals surface area contributed by atoms with Crippen molar-refractivity contribution in [1.82, 2.24) is 0 Å². The maximum absolute atomic E-state index is 11.0. The Morgan fingerprint density at radius 1 is 1.25 bits per heavy atom. The first kappa shape index (κ1) is 11.4. The quantitative estimate of drug-likeness (QED) is 0.842. The zero-order chi connectivity index (χ0) is 11.8. The second-order valence-corrected chi connectivity index (χ2v) is 6.05. The summed E-state index contributed by atoms with van der Waals surface area (Å²) in [5.74, 6) is 0.793. The first-order valence-electron chi connectivity index (χ1n) is 5.34. The molecule has 16 heavy (non-hydrogen) atoms. The molecule has 0 atom stereocenters. The summed E-state index contributed by atoms with van der Waals surface area (Å²) in [6.07, 6.45) is 2.36. The minimum atomic E-state index is -3.58. The van der Waals surface area contributed by atoms with Crippen LogP contribution in [-0.4, -0.2) is 14.5 Å². The third-order valence-electron chi connectivity index (χ3n) is 2.93. The molecule has 0 heterocycles. The van der Waals surface area contributed by atoms with Gasteiger partial charge < -0.3 is 5.32 Å². The normalized spacial score (nSPS) is 24.9. The lowest BCUT2D eigenvalue weighted by Crippen LogP contribution is -2.33. The average Bonchev–Trinajstić information content (AvgIpc) is 2.15. The van der Waals surface area contributed by atoms with E-state index < -0.39 is 10.0 Å². The topological polar surface area (TPSA) is 72.2 Å². The minimum absolute atomic E-state index is 0.153. The van der Waals surface area contributed by atoms with Gasteiger partial charge in [-0.1, -0.05) is 6.92 Å². The van der Waals surface area contributed by atoms with E-state index in [2.05, 4.69) is 12.2 Å². The molecule has 1 aliphatic rings. The van der Waals surface area contributed by atoms with Crippen LogP contribution in [0.2, 0.25) is 0 Å². The van der Waals surface area contributed by atoms with Crippen LogP contribution < -0.4 is 10.5 Å². The first-order valence-corrected chi connectivity index (χ1v) is 6.89. The summed E-state index contributed by atoms with van der Waals surface area (Å²) < 4.78 is 22.1. The lowest BCUT2D eigenvalue weighted by molar-refractivity contribution is 0.309. The molecule has 0 saturated heterocycles. The third kappa shape index (κ3) is 2.54. The smallest absolute Gasteiger partial charge is 0.238 e. The molecule has 1 aromatic rings. The molecular formula is C11H16N2O2S. The summed E-state index contributed by atoms with van der Waals surface area (Å²) >= 11 is 0. The number of hydrogen-bond acceptors (Lipinski definition) is 3. The van der Waals surface area contributed by atoms with Gasteiger partial charge in [-0.25, -0.2) is 13.6 Å². The Morgan fingerprint density at radius 2 is 1.81 bits per heavy atom. The van der Waals surface area contributed by atoms with Crippen molar-refractivity contribution < 1.29 is 8.42 Å². The Morgan fingerprint density at radius 3 is 2.25 bits per heavy atom. The summed E-state index contributed by atoms with van der Waals surface area (Å²) in [7, 11) is -3.58. The van der Waals surface area contributed by atoms with E-state index in [1.165, 1.54) is 25.0 Å².